The summed E-state index contributed by atoms with van der Waals surface area (Å²) in [5.74, 6) is -0.851. The molecular formula is C18H26N2O4S. The van der Waals surface area contributed by atoms with Gasteiger partial charge in [0.1, 0.15) is 5.41 Å². The van der Waals surface area contributed by atoms with Gasteiger partial charge in [-0.3, -0.25) is 9.59 Å². The molecule has 2 rings (SSSR count). The number of benzene rings is 1. The van der Waals surface area contributed by atoms with E-state index in [1.165, 1.54) is 0 Å². The minimum atomic E-state index is -3.09. The smallest absolute Gasteiger partial charge is 0.239 e. The molecule has 2 N–H and O–H groups in total. The van der Waals surface area contributed by atoms with Gasteiger partial charge in [0.05, 0.1) is 11.5 Å². The van der Waals surface area contributed by atoms with Crippen LogP contribution in [0.15, 0.2) is 18.2 Å². The highest BCUT2D eigenvalue weighted by molar-refractivity contribution is 7.91. The van der Waals surface area contributed by atoms with Crippen molar-refractivity contribution >= 4 is 27.3 Å². The van der Waals surface area contributed by atoms with Crippen molar-refractivity contribution in [2.75, 3.05) is 16.8 Å². The Morgan fingerprint density at radius 3 is 2.48 bits per heavy atom. The second kappa shape index (κ2) is 7.15. The summed E-state index contributed by atoms with van der Waals surface area (Å²) in [5, 5.41) is 5.58. The number of hydrogen-bond acceptors (Lipinski definition) is 4. The molecule has 0 aromatic heterocycles. The molecule has 0 aliphatic carbocycles. The third-order valence-corrected chi connectivity index (χ3v) is 6.45. The first-order valence-corrected chi connectivity index (χ1v) is 10.3. The van der Waals surface area contributed by atoms with Crippen molar-refractivity contribution in [3.8, 4) is 0 Å². The molecule has 6 nitrogen and oxygen atoms in total. The third-order valence-electron chi connectivity index (χ3n) is 4.68. The Kier molecular flexibility index (Phi) is 5.56. The molecule has 0 radical (unpaired) electrons. The van der Waals surface area contributed by atoms with E-state index in [1.54, 1.807) is 13.8 Å². The van der Waals surface area contributed by atoms with E-state index in [2.05, 4.69) is 10.6 Å². The zero-order valence-corrected chi connectivity index (χ0v) is 16.0. The van der Waals surface area contributed by atoms with Gasteiger partial charge in [-0.1, -0.05) is 25.1 Å². The van der Waals surface area contributed by atoms with Crippen LogP contribution in [0.3, 0.4) is 0 Å². The Morgan fingerprint density at radius 2 is 1.92 bits per heavy atom. The van der Waals surface area contributed by atoms with E-state index in [-0.39, 0.29) is 11.5 Å². The van der Waals surface area contributed by atoms with Gasteiger partial charge >= 0.3 is 0 Å². The second-order valence-corrected chi connectivity index (χ2v) is 9.34. The fourth-order valence-electron chi connectivity index (χ4n) is 2.85. The topological polar surface area (TPSA) is 92.3 Å². The van der Waals surface area contributed by atoms with Crippen LogP contribution in [0.25, 0.3) is 0 Å². The predicted octanol–water partition coefficient (Wildman–Crippen LogP) is 1.83. The molecule has 1 aliphatic heterocycles. The number of amides is 2. The van der Waals surface area contributed by atoms with Crippen molar-refractivity contribution in [1.29, 1.82) is 0 Å². The lowest BCUT2D eigenvalue weighted by molar-refractivity contribution is -0.138. The number of nitrogens with one attached hydrogen (secondary N) is 2. The Morgan fingerprint density at radius 1 is 1.24 bits per heavy atom. The molecule has 1 aromatic rings. The number of hydrogen-bond donors (Lipinski definition) is 2. The molecule has 0 spiro atoms. The number of rotatable bonds is 5. The highest BCUT2D eigenvalue weighted by atomic mass is 32.2. The van der Waals surface area contributed by atoms with Gasteiger partial charge in [-0.25, -0.2) is 8.42 Å². The summed E-state index contributed by atoms with van der Waals surface area (Å²) >= 11 is 0. The minimum absolute atomic E-state index is 0.0613. The van der Waals surface area contributed by atoms with Crippen molar-refractivity contribution in [1.82, 2.24) is 5.32 Å². The Balaban J connectivity index is 2.11. The number of para-hydroxylation sites is 1. The maximum atomic E-state index is 12.7. The first-order chi connectivity index (χ1) is 11.6. The van der Waals surface area contributed by atoms with E-state index in [0.717, 1.165) is 23.2 Å². The standard InChI is InChI=1S/C18H26N2O4S/c1-5-13-8-6-7-12(2)15(13)20-17(22)18(3,4)16(21)19-14-9-10-25(23,24)11-14/h6-8,14H,5,9-11H2,1-4H3,(H,19,21)(H,20,22). The third kappa shape index (κ3) is 4.39. The van der Waals surface area contributed by atoms with Crippen LogP contribution in [0.4, 0.5) is 5.69 Å². The fraction of sp³-hybridized carbons (Fsp3) is 0.556. The summed E-state index contributed by atoms with van der Waals surface area (Å²) < 4.78 is 23.0. The number of anilines is 1. The molecule has 1 aromatic carbocycles. The molecule has 1 atom stereocenters. The first kappa shape index (κ1) is 19.4. The summed E-state index contributed by atoms with van der Waals surface area (Å²) in [4.78, 5) is 25.2. The SMILES string of the molecule is CCc1cccc(C)c1NC(=O)C(C)(C)C(=O)NC1CCS(=O)(=O)C1. The van der Waals surface area contributed by atoms with E-state index >= 15 is 0 Å². The number of aryl methyl sites for hydroxylation is 2. The number of carbonyl (C=O) groups excluding carboxylic acids is 2. The van der Waals surface area contributed by atoms with Crippen LogP contribution < -0.4 is 10.6 Å². The molecule has 2 amide bonds. The van der Waals surface area contributed by atoms with E-state index < -0.39 is 33.1 Å². The molecule has 138 valence electrons. The summed E-state index contributed by atoms with van der Waals surface area (Å²) in [6, 6.07) is 5.36. The van der Waals surface area contributed by atoms with Gasteiger partial charge in [0.25, 0.3) is 0 Å². The maximum absolute atomic E-state index is 12.7. The van der Waals surface area contributed by atoms with Crippen LogP contribution in [-0.4, -0.2) is 37.8 Å². The van der Waals surface area contributed by atoms with Crippen molar-refractivity contribution in [3.05, 3.63) is 29.3 Å². The van der Waals surface area contributed by atoms with Crippen LogP contribution in [0.2, 0.25) is 0 Å². The fourth-order valence-corrected chi connectivity index (χ4v) is 4.52. The summed E-state index contributed by atoms with van der Waals surface area (Å²) in [6.45, 7) is 7.00. The largest absolute Gasteiger partial charge is 0.351 e. The average molecular weight is 366 g/mol. The molecular weight excluding hydrogens is 340 g/mol. The zero-order valence-electron chi connectivity index (χ0n) is 15.2. The zero-order chi connectivity index (χ0) is 18.8. The molecule has 1 saturated heterocycles. The molecule has 25 heavy (non-hydrogen) atoms. The molecule has 0 saturated carbocycles. The van der Waals surface area contributed by atoms with Gasteiger partial charge in [-0.05, 0) is 44.7 Å². The van der Waals surface area contributed by atoms with Crippen LogP contribution in [0.1, 0.15) is 38.3 Å². The van der Waals surface area contributed by atoms with E-state index in [9.17, 15) is 18.0 Å². The monoisotopic (exact) mass is 366 g/mol. The molecule has 7 heteroatoms. The van der Waals surface area contributed by atoms with E-state index in [4.69, 9.17) is 0 Å². The number of carbonyl (C=O) groups is 2. The van der Waals surface area contributed by atoms with Crippen molar-refractivity contribution in [2.45, 2.75) is 46.6 Å². The lowest BCUT2D eigenvalue weighted by Gasteiger charge is -2.25. The minimum Gasteiger partial charge on any atom is -0.351 e. The highest BCUT2D eigenvalue weighted by Crippen LogP contribution is 2.25. The van der Waals surface area contributed by atoms with Gasteiger partial charge in [0.2, 0.25) is 11.8 Å². The second-order valence-electron chi connectivity index (χ2n) is 7.12. The maximum Gasteiger partial charge on any atom is 0.239 e. The van der Waals surface area contributed by atoms with Gasteiger partial charge in [0, 0.05) is 11.7 Å². The normalized spacial score (nSPS) is 19.4. The number of sulfone groups is 1. The van der Waals surface area contributed by atoms with Gasteiger partial charge in [-0.15, -0.1) is 0 Å². The highest BCUT2D eigenvalue weighted by Gasteiger charge is 2.39. The van der Waals surface area contributed by atoms with Gasteiger partial charge in [0.15, 0.2) is 9.84 Å². The molecule has 1 aliphatic rings. The Bertz CT molecular complexity index is 784. The Hall–Kier alpha value is -1.89. The van der Waals surface area contributed by atoms with Crippen LogP contribution in [0.5, 0.6) is 0 Å². The summed E-state index contributed by atoms with van der Waals surface area (Å²) in [5.41, 5.74) is 1.37. The quantitative estimate of drug-likeness (QED) is 0.778. The predicted molar refractivity (Wildman–Crippen MR) is 98.2 cm³/mol. The van der Waals surface area contributed by atoms with Crippen LogP contribution >= 0.6 is 0 Å². The average Bonchev–Trinajstić information content (AvgIpc) is 2.87. The van der Waals surface area contributed by atoms with E-state index in [1.807, 2.05) is 32.0 Å². The molecule has 1 heterocycles. The van der Waals surface area contributed by atoms with Crippen molar-refractivity contribution < 1.29 is 18.0 Å². The lowest BCUT2D eigenvalue weighted by Crippen LogP contribution is -2.49. The molecule has 1 unspecified atom stereocenters. The summed E-state index contributed by atoms with van der Waals surface area (Å²) in [7, 11) is -3.09. The first-order valence-electron chi connectivity index (χ1n) is 8.48. The summed E-state index contributed by atoms with van der Waals surface area (Å²) in [6.07, 6.45) is 1.16. The van der Waals surface area contributed by atoms with Gasteiger partial charge in [-0.2, -0.15) is 0 Å². The van der Waals surface area contributed by atoms with Crippen molar-refractivity contribution in [3.63, 3.8) is 0 Å². The van der Waals surface area contributed by atoms with E-state index in [0.29, 0.717) is 6.42 Å². The van der Waals surface area contributed by atoms with Crippen molar-refractivity contribution in [2.24, 2.45) is 5.41 Å². The lowest BCUT2D eigenvalue weighted by atomic mass is 9.90. The molecule has 1 fully saturated rings. The van der Waals surface area contributed by atoms with Crippen LogP contribution in [-0.2, 0) is 25.8 Å². The Labute approximate surface area is 149 Å². The molecule has 0 bridgehead atoms. The van der Waals surface area contributed by atoms with Crippen LogP contribution in [0, 0.1) is 12.3 Å². The van der Waals surface area contributed by atoms with Gasteiger partial charge < -0.3 is 10.6 Å².